The van der Waals surface area contributed by atoms with E-state index < -0.39 is 27.2 Å². The van der Waals surface area contributed by atoms with E-state index in [0.29, 0.717) is 0 Å². The molecule has 0 atom stereocenters. The Morgan fingerprint density at radius 3 is 2.62 bits per heavy atom. The maximum absolute atomic E-state index is 13.0. The predicted octanol–water partition coefficient (Wildman–Crippen LogP) is 1.48. The minimum atomic E-state index is -3.63. The van der Waals surface area contributed by atoms with Crippen molar-refractivity contribution >= 4 is 15.8 Å². The van der Waals surface area contributed by atoms with Gasteiger partial charge in [-0.05, 0) is 18.2 Å². The maximum Gasteiger partial charge on any atom is 0.338 e. The van der Waals surface area contributed by atoms with Crippen molar-refractivity contribution in [3.8, 4) is 0 Å². The van der Waals surface area contributed by atoms with Gasteiger partial charge in [-0.15, -0.1) is 6.58 Å². The number of carboxylic acids is 1. The lowest BCUT2D eigenvalue weighted by molar-refractivity contribution is 0.0691. The maximum atomic E-state index is 13.0. The fourth-order valence-corrected chi connectivity index (χ4v) is 2.19. The van der Waals surface area contributed by atoms with Crippen molar-refractivity contribution in [2.75, 3.05) is 5.75 Å². The summed E-state index contributed by atoms with van der Waals surface area (Å²) < 4.78 is 36.1. The van der Waals surface area contributed by atoms with E-state index in [1.54, 1.807) is 0 Å². The Hall–Kier alpha value is -1.69. The number of carboxylic acid groups (broad SMARTS) is 1. The summed E-state index contributed by atoms with van der Waals surface area (Å²) in [5.74, 6) is -2.80. The summed E-state index contributed by atoms with van der Waals surface area (Å²) in [6, 6.07) is 2.65. The number of hydrogen-bond donors (Lipinski definition) is 1. The Morgan fingerprint density at radius 1 is 1.50 bits per heavy atom. The Bertz CT molecular complexity index is 534. The first-order valence-corrected chi connectivity index (χ1v) is 5.90. The van der Waals surface area contributed by atoms with Crippen molar-refractivity contribution in [2.45, 2.75) is 4.90 Å². The first-order chi connectivity index (χ1) is 7.38. The van der Waals surface area contributed by atoms with Crippen LogP contribution >= 0.6 is 0 Å². The highest BCUT2D eigenvalue weighted by Crippen LogP contribution is 2.16. The number of hydrogen-bond acceptors (Lipinski definition) is 3. The fourth-order valence-electron chi connectivity index (χ4n) is 1.11. The Balaban J connectivity index is 3.33. The fraction of sp³-hybridized carbons (Fsp3) is 0.100. The van der Waals surface area contributed by atoms with Gasteiger partial charge in [0.15, 0.2) is 9.84 Å². The van der Waals surface area contributed by atoms with Crippen LogP contribution in [0, 0.1) is 5.82 Å². The van der Waals surface area contributed by atoms with Gasteiger partial charge in [0.1, 0.15) is 5.82 Å². The van der Waals surface area contributed by atoms with Crippen LogP contribution in [0.4, 0.5) is 4.39 Å². The van der Waals surface area contributed by atoms with Crippen LogP contribution in [-0.4, -0.2) is 25.2 Å². The third-order valence-electron chi connectivity index (χ3n) is 1.86. The summed E-state index contributed by atoms with van der Waals surface area (Å²) >= 11 is 0. The molecule has 4 nitrogen and oxygen atoms in total. The number of halogens is 1. The second-order valence-corrected chi connectivity index (χ2v) is 5.05. The summed E-state index contributed by atoms with van der Waals surface area (Å²) in [6.45, 7) is 3.28. The molecule has 0 aromatic heterocycles. The van der Waals surface area contributed by atoms with E-state index in [0.717, 1.165) is 18.2 Å². The number of benzene rings is 1. The highest BCUT2D eigenvalue weighted by molar-refractivity contribution is 7.91. The van der Waals surface area contributed by atoms with Crippen LogP contribution in [0.5, 0.6) is 0 Å². The lowest BCUT2D eigenvalue weighted by Crippen LogP contribution is -2.08. The van der Waals surface area contributed by atoms with E-state index >= 15 is 0 Å². The predicted molar refractivity (Wildman–Crippen MR) is 55.6 cm³/mol. The van der Waals surface area contributed by atoms with Gasteiger partial charge in [-0.25, -0.2) is 17.6 Å². The Labute approximate surface area is 91.9 Å². The van der Waals surface area contributed by atoms with E-state index in [2.05, 4.69) is 6.58 Å². The molecule has 0 aliphatic heterocycles. The number of aromatic carboxylic acids is 1. The average molecular weight is 244 g/mol. The molecule has 0 saturated carbocycles. The highest BCUT2D eigenvalue weighted by atomic mass is 32.2. The largest absolute Gasteiger partial charge is 0.478 e. The Morgan fingerprint density at radius 2 is 2.12 bits per heavy atom. The highest BCUT2D eigenvalue weighted by Gasteiger charge is 2.17. The van der Waals surface area contributed by atoms with Gasteiger partial charge in [0.05, 0.1) is 16.2 Å². The lowest BCUT2D eigenvalue weighted by atomic mass is 10.2. The van der Waals surface area contributed by atoms with E-state index in [1.165, 1.54) is 6.08 Å². The zero-order valence-corrected chi connectivity index (χ0v) is 9.00. The molecule has 0 saturated heterocycles. The number of sulfone groups is 1. The van der Waals surface area contributed by atoms with Crippen molar-refractivity contribution in [3.05, 3.63) is 42.2 Å². The van der Waals surface area contributed by atoms with E-state index in [-0.39, 0.29) is 10.6 Å². The normalized spacial score (nSPS) is 11.1. The van der Waals surface area contributed by atoms with Gasteiger partial charge < -0.3 is 5.11 Å². The third-order valence-corrected chi connectivity index (χ3v) is 3.51. The molecule has 0 radical (unpaired) electrons. The van der Waals surface area contributed by atoms with E-state index in [4.69, 9.17) is 5.11 Å². The van der Waals surface area contributed by atoms with Crippen molar-refractivity contribution < 1.29 is 22.7 Å². The molecule has 0 amide bonds. The smallest absolute Gasteiger partial charge is 0.338 e. The van der Waals surface area contributed by atoms with Gasteiger partial charge >= 0.3 is 5.97 Å². The van der Waals surface area contributed by atoms with Crippen LogP contribution in [0.1, 0.15) is 10.4 Å². The molecule has 1 aromatic carbocycles. The Kier molecular flexibility index (Phi) is 3.44. The third kappa shape index (κ3) is 2.46. The summed E-state index contributed by atoms with van der Waals surface area (Å²) in [5.41, 5.74) is -0.662. The molecule has 0 bridgehead atoms. The molecule has 0 fully saturated rings. The molecule has 1 rings (SSSR count). The minimum absolute atomic E-state index is 0.230. The van der Waals surface area contributed by atoms with Crippen LogP contribution in [0.15, 0.2) is 35.7 Å². The van der Waals surface area contributed by atoms with Crippen LogP contribution in [0.3, 0.4) is 0 Å². The zero-order valence-electron chi connectivity index (χ0n) is 8.18. The van der Waals surface area contributed by atoms with Crippen molar-refractivity contribution in [1.29, 1.82) is 0 Å². The van der Waals surface area contributed by atoms with Gasteiger partial charge in [-0.2, -0.15) is 0 Å². The first-order valence-electron chi connectivity index (χ1n) is 4.25. The van der Waals surface area contributed by atoms with Crippen molar-refractivity contribution in [1.82, 2.24) is 0 Å². The van der Waals surface area contributed by atoms with Gasteiger partial charge in [-0.1, -0.05) is 6.08 Å². The summed E-state index contributed by atoms with van der Waals surface area (Å²) in [6.07, 6.45) is 1.18. The van der Waals surface area contributed by atoms with E-state index in [1.807, 2.05) is 0 Å². The van der Waals surface area contributed by atoms with Gasteiger partial charge in [0.25, 0.3) is 0 Å². The van der Waals surface area contributed by atoms with Gasteiger partial charge in [0, 0.05) is 0 Å². The molecule has 16 heavy (non-hydrogen) atoms. The van der Waals surface area contributed by atoms with Crippen LogP contribution in [-0.2, 0) is 9.84 Å². The molecule has 86 valence electrons. The molecule has 0 spiro atoms. The quantitative estimate of drug-likeness (QED) is 0.643. The SMILES string of the molecule is C=CCS(=O)(=O)c1ccc(F)c(C(=O)O)c1. The van der Waals surface area contributed by atoms with Crippen LogP contribution < -0.4 is 0 Å². The average Bonchev–Trinajstić information content (AvgIpc) is 2.17. The standard InChI is InChI=1S/C10H9FO4S/c1-2-5-16(14,15)7-3-4-9(11)8(6-7)10(12)13/h2-4,6H,1,5H2,(H,12,13). The second kappa shape index (κ2) is 4.44. The molecular formula is C10H9FO4S. The molecule has 0 unspecified atom stereocenters. The molecule has 0 heterocycles. The molecule has 1 aromatic rings. The van der Waals surface area contributed by atoms with Crippen molar-refractivity contribution in [2.24, 2.45) is 0 Å². The lowest BCUT2D eigenvalue weighted by Gasteiger charge is -2.03. The monoisotopic (exact) mass is 244 g/mol. The molecule has 0 aliphatic carbocycles. The van der Waals surface area contributed by atoms with Gasteiger partial charge in [0.2, 0.25) is 0 Å². The number of carbonyl (C=O) groups is 1. The van der Waals surface area contributed by atoms with Gasteiger partial charge in [-0.3, -0.25) is 0 Å². The van der Waals surface area contributed by atoms with E-state index in [9.17, 15) is 17.6 Å². The topological polar surface area (TPSA) is 71.4 Å². The summed E-state index contributed by atoms with van der Waals surface area (Å²) in [5, 5.41) is 8.63. The summed E-state index contributed by atoms with van der Waals surface area (Å²) in [4.78, 5) is 10.4. The second-order valence-electron chi connectivity index (χ2n) is 3.02. The zero-order chi connectivity index (χ0) is 12.3. The van der Waals surface area contributed by atoms with Crippen LogP contribution in [0.2, 0.25) is 0 Å². The molecular weight excluding hydrogens is 235 g/mol. The van der Waals surface area contributed by atoms with Crippen molar-refractivity contribution in [3.63, 3.8) is 0 Å². The minimum Gasteiger partial charge on any atom is -0.478 e. The first kappa shape index (κ1) is 12.4. The molecule has 6 heteroatoms. The molecule has 0 aliphatic rings. The summed E-state index contributed by atoms with van der Waals surface area (Å²) in [7, 11) is -3.63. The van der Waals surface area contributed by atoms with Crippen LogP contribution in [0.25, 0.3) is 0 Å². The molecule has 1 N–H and O–H groups in total. The number of rotatable bonds is 4.